The fraction of sp³-hybridized carbons (Fsp3) is 0.250. The van der Waals surface area contributed by atoms with Crippen molar-refractivity contribution in [3.8, 4) is 11.3 Å². The van der Waals surface area contributed by atoms with E-state index in [-0.39, 0.29) is 5.56 Å². The van der Waals surface area contributed by atoms with Crippen LogP contribution in [0.3, 0.4) is 0 Å². The van der Waals surface area contributed by atoms with Crippen LogP contribution < -0.4 is 0 Å². The van der Waals surface area contributed by atoms with Crippen LogP contribution in [0.1, 0.15) is 11.1 Å². The molecule has 1 aliphatic heterocycles. The Kier molecular flexibility index (Phi) is 4.06. The van der Waals surface area contributed by atoms with E-state index in [0.29, 0.717) is 23.0 Å². The molecular weight excluding hydrogens is 323 g/mol. The zero-order chi connectivity index (χ0) is 16.6. The van der Waals surface area contributed by atoms with Crippen molar-refractivity contribution in [2.24, 2.45) is 4.99 Å². The molecule has 0 unspecified atom stereocenters. The second-order valence-electron chi connectivity index (χ2n) is 5.22. The van der Waals surface area contributed by atoms with Gasteiger partial charge >= 0.3 is 6.18 Å². The topological polar surface area (TPSA) is 28.5 Å². The molecule has 0 saturated carbocycles. The number of aromatic nitrogens is 1. The van der Waals surface area contributed by atoms with E-state index in [9.17, 15) is 13.2 Å². The second-order valence-corrected chi connectivity index (χ2v) is 6.07. The Hall–Kier alpha value is -2.02. The monoisotopic (exact) mass is 337 g/mol. The fourth-order valence-corrected chi connectivity index (χ4v) is 3.15. The van der Waals surface area contributed by atoms with Crippen molar-refractivity contribution in [3.63, 3.8) is 0 Å². The molecule has 1 aromatic heterocycles. The van der Waals surface area contributed by atoms with Crippen LogP contribution in [0.25, 0.3) is 11.3 Å². The average Bonchev–Trinajstić information content (AvgIpc) is 2.52. The van der Waals surface area contributed by atoms with Crippen LogP contribution in [-0.2, 0) is 12.7 Å². The lowest BCUT2D eigenvalue weighted by atomic mass is 10.0. The van der Waals surface area contributed by atoms with Crippen molar-refractivity contribution in [1.82, 2.24) is 9.88 Å². The van der Waals surface area contributed by atoms with Gasteiger partial charge in [-0.25, -0.2) is 9.98 Å². The normalized spacial score (nSPS) is 14.0. The Morgan fingerprint density at radius 1 is 1.17 bits per heavy atom. The highest BCUT2D eigenvalue weighted by molar-refractivity contribution is 7.98. The molecule has 2 aromatic rings. The minimum Gasteiger partial charge on any atom is -0.361 e. The van der Waals surface area contributed by atoms with Gasteiger partial charge in [-0.15, -0.1) is 11.8 Å². The first-order chi connectivity index (χ1) is 10.9. The van der Waals surface area contributed by atoms with Gasteiger partial charge in [0.15, 0.2) is 5.82 Å². The summed E-state index contributed by atoms with van der Waals surface area (Å²) in [4.78, 5) is 11.0. The summed E-state index contributed by atoms with van der Waals surface area (Å²) in [5.41, 5.74) is 0.634. The molecule has 0 saturated heterocycles. The van der Waals surface area contributed by atoms with Crippen molar-refractivity contribution < 1.29 is 13.2 Å². The first-order valence-corrected chi connectivity index (χ1v) is 8.11. The molecule has 0 spiro atoms. The first-order valence-electron chi connectivity index (χ1n) is 6.89. The molecule has 7 heteroatoms. The highest BCUT2D eigenvalue weighted by atomic mass is 32.2. The van der Waals surface area contributed by atoms with Crippen LogP contribution in [0.2, 0.25) is 0 Å². The van der Waals surface area contributed by atoms with Crippen LogP contribution in [0.5, 0.6) is 0 Å². The van der Waals surface area contributed by atoms with E-state index in [0.717, 1.165) is 11.6 Å². The molecule has 3 nitrogen and oxygen atoms in total. The number of halogens is 3. The zero-order valence-electron chi connectivity index (χ0n) is 12.6. The lowest BCUT2D eigenvalue weighted by Gasteiger charge is -2.20. The number of alkyl halides is 3. The summed E-state index contributed by atoms with van der Waals surface area (Å²) in [6.07, 6.45) is -1.04. The summed E-state index contributed by atoms with van der Waals surface area (Å²) < 4.78 is 40.1. The number of hydrogen-bond acceptors (Lipinski definition) is 4. The molecule has 0 atom stereocenters. The molecule has 1 aliphatic rings. The molecule has 2 heterocycles. The largest absolute Gasteiger partial charge is 0.417 e. The van der Waals surface area contributed by atoms with Gasteiger partial charge in [-0.2, -0.15) is 13.2 Å². The van der Waals surface area contributed by atoms with Crippen molar-refractivity contribution in [1.29, 1.82) is 0 Å². The molecule has 23 heavy (non-hydrogen) atoms. The second kappa shape index (κ2) is 5.88. The third-order valence-electron chi connectivity index (χ3n) is 3.56. The predicted molar refractivity (Wildman–Crippen MR) is 86.1 cm³/mol. The van der Waals surface area contributed by atoms with Crippen molar-refractivity contribution in [2.75, 3.05) is 13.3 Å². The van der Waals surface area contributed by atoms with Gasteiger partial charge in [-0.3, -0.25) is 0 Å². The number of rotatable bonds is 2. The number of benzene rings is 1. The Morgan fingerprint density at radius 2 is 1.96 bits per heavy atom. The van der Waals surface area contributed by atoms with Crippen molar-refractivity contribution in [3.05, 3.63) is 41.5 Å². The highest BCUT2D eigenvalue weighted by Gasteiger charge is 2.35. The number of pyridine rings is 1. The third kappa shape index (κ3) is 3.06. The van der Waals surface area contributed by atoms with Gasteiger partial charge in [-0.05, 0) is 24.5 Å². The fourth-order valence-electron chi connectivity index (χ4n) is 2.52. The summed E-state index contributed by atoms with van der Waals surface area (Å²) >= 11 is 1.27. The number of thioether (sulfide) groups is 1. The molecule has 3 rings (SSSR count). The summed E-state index contributed by atoms with van der Waals surface area (Å²) in [6, 6.07) is 7.62. The number of aliphatic imine (C=N–C) groups is 1. The maximum atomic E-state index is 13.4. The van der Waals surface area contributed by atoms with E-state index >= 15 is 0 Å². The first kappa shape index (κ1) is 15.9. The summed E-state index contributed by atoms with van der Waals surface area (Å²) in [5, 5.41) is 0. The minimum atomic E-state index is -4.43. The molecule has 0 N–H and O–H groups in total. The average molecular weight is 337 g/mol. The van der Waals surface area contributed by atoms with Gasteiger partial charge in [0.05, 0.1) is 17.6 Å². The quantitative estimate of drug-likeness (QED) is 0.750. The number of fused-ring (bicyclic) bond motifs is 1. The molecular formula is C16H14F3N3S. The minimum absolute atomic E-state index is 0.115. The Labute approximate surface area is 136 Å². The molecule has 1 aromatic carbocycles. The molecule has 0 fully saturated rings. The predicted octanol–water partition coefficient (Wildman–Crippen LogP) is 4.59. The van der Waals surface area contributed by atoms with E-state index in [4.69, 9.17) is 0 Å². The zero-order valence-corrected chi connectivity index (χ0v) is 13.4. The summed E-state index contributed by atoms with van der Waals surface area (Å²) in [5.74, 6) is 0.477. The maximum Gasteiger partial charge on any atom is 0.417 e. The summed E-state index contributed by atoms with van der Waals surface area (Å²) in [7, 11) is 1.88. The van der Waals surface area contributed by atoms with Gasteiger partial charge in [0, 0.05) is 29.6 Å². The van der Waals surface area contributed by atoms with Gasteiger partial charge in [0.1, 0.15) is 0 Å². The third-order valence-corrected chi connectivity index (χ3v) is 4.34. The maximum absolute atomic E-state index is 13.4. The SMILES string of the molecule is CSc1cccc(C(F)(F)F)c1-c1ccc2c(n1)N=CN(C)C2. The molecule has 120 valence electrons. The summed E-state index contributed by atoms with van der Waals surface area (Å²) in [6.45, 7) is 0.641. The van der Waals surface area contributed by atoms with Gasteiger partial charge < -0.3 is 4.90 Å². The lowest BCUT2D eigenvalue weighted by molar-refractivity contribution is -0.137. The van der Waals surface area contributed by atoms with Crippen LogP contribution in [0.15, 0.2) is 40.2 Å². The molecule has 0 radical (unpaired) electrons. The van der Waals surface area contributed by atoms with Gasteiger partial charge in [0.2, 0.25) is 0 Å². The standard InChI is InChI=1S/C16H14F3N3S/c1-22-8-10-6-7-12(21-15(10)20-9-22)14-11(16(17,18)19)4-3-5-13(14)23-2/h3-7,9H,8H2,1-2H3. The number of hydrogen-bond donors (Lipinski definition) is 0. The van der Waals surface area contributed by atoms with Crippen LogP contribution in [-0.4, -0.2) is 29.5 Å². The van der Waals surface area contributed by atoms with Crippen molar-refractivity contribution >= 4 is 23.9 Å². The smallest absolute Gasteiger partial charge is 0.361 e. The molecule has 0 bridgehead atoms. The molecule has 0 amide bonds. The lowest BCUT2D eigenvalue weighted by Crippen LogP contribution is -2.19. The van der Waals surface area contributed by atoms with Crippen LogP contribution in [0.4, 0.5) is 19.0 Å². The van der Waals surface area contributed by atoms with Gasteiger partial charge in [0.25, 0.3) is 0 Å². The Morgan fingerprint density at radius 3 is 2.65 bits per heavy atom. The van der Waals surface area contributed by atoms with E-state index < -0.39 is 11.7 Å². The van der Waals surface area contributed by atoms with Crippen LogP contribution in [0, 0.1) is 0 Å². The van der Waals surface area contributed by atoms with E-state index in [1.807, 2.05) is 11.9 Å². The highest BCUT2D eigenvalue weighted by Crippen LogP contribution is 2.41. The van der Waals surface area contributed by atoms with Gasteiger partial charge in [-0.1, -0.05) is 12.1 Å². The van der Waals surface area contributed by atoms with E-state index in [1.54, 1.807) is 30.8 Å². The number of nitrogens with zero attached hydrogens (tertiary/aromatic N) is 3. The van der Waals surface area contributed by atoms with Crippen LogP contribution >= 0.6 is 11.8 Å². The Balaban J connectivity index is 2.18. The molecule has 0 aliphatic carbocycles. The Bertz CT molecular complexity index is 772. The van der Waals surface area contributed by atoms with Crippen molar-refractivity contribution in [2.45, 2.75) is 17.6 Å². The van der Waals surface area contributed by atoms with E-state index in [2.05, 4.69) is 9.98 Å². The van der Waals surface area contributed by atoms with E-state index in [1.165, 1.54) is 17.8 Å².